The minimum atomic E-state index is -0.993. The van der Waals surface area contributed by atoms with Crippen LogP contribution in [0.4, 0.5) is 4.79 Å². The third kappa shape index (κ3) is 1.91. The highest BCUT2D eigenvalue weighted by molar-refractivity contribution is 7.71. The first-order valence-electron chi connectivity index (χ1n) is 1.41. The summed E-state index contributed by atoms with van der Waals surface area (Å²) in [5.41, 5.74) is -0.787. The Bertz CT molecular complexity index is 74.8. The molecule has 0 aliphatic carbocycles. The quantitative estimate of drug-likeness (QED) is 0.509. The van der Waals surface area contributed by atoms with Gasteiger partial charge in [-0.15, -0.1) is 0 Å². The van der Waals surface area contributed by atoms with Crippen LogP contribution in [0.1, 0.15) is 0 Å². The second-order valence-corrected chi connectivity index (χ2v) is 2.76. The summed E-state index contributed by atoms with van der Waals surface area (Å²) in [5, 5.41) is 7.96. The molecule has 0 saturated carbocycles. The van der Waals surface area contributed by atoms with Gasteiger partial charge in [0.25, 0.3) is 0 Å². The summed E-state index contributed by atoms with van der Waals surface area (Å²) < 4.78 is 0. The minimum absolute atomic E-state index is 0.787. The molecule has 0 aliphatic rings. The van der Waals surface area contributed by atoms with Crippen molar-refractivity contribution in [2.24, 2.45) is 0 Å². The molecule has 1 N–H and O–H groups in total. The van der Waals surface area contributed by atoms with Gasteiger partial charge in [-0.05, 0) is 0 Å². The summed E-state index contributed by atoms with van der Waals surface area (Å²) in [5.74, 6) is 0. The van der Waals surface area contributed by atoms with E-state index in [1.807, 2.05) is 0 Å². The lowest BCUT2D eigenvalue weighted by atomic mass is 11.6. The minimum Gasteiger partial charge on any atom is -0.446 e. The molecular formula is C3H6O2P+. The Morgan fingerprint density at radius 3 is 2.17 bits per heavy atom. The lowest BCUT2D eigenvalue weighted by molar-refractivity contribution is 0.221. The van der Waals surface area contributed by atoms with E-state index in [1.54, 1.807) is 6.66 Å². The van der Waals surface area contributed by atoms with Gasteiger partial charge in [-0.1, -0.05) is 0 Å². The molecule has 6 heavy (non-hydrogen) atoms. The van der Waals surface area contributed by atoms with Crippen molar-refractivity contribution in [1.82, 2.24) is 0 Å². The fourth-order valence-electron chi connectivity index (χ4n) is 0. The largest absolute Gasteiger partial charge is 0.507 e. The number of rotatable bonds is 1. The molecule has 0 bridgehead atoms. The average Bonchev–Trinajstić information content (AvgIpc) is 1.36. The summed E-state index contributed by atoms with van der Waals surface area (Å²) in [6.45, 7) is 1.59. The fraction of sp³-hybridized carbons (Fsp3) is 0.333. The van der Waals surface area contributed by atoms with Crippen LogP contribution in [0, 0.1) is 0 Å². The van der Waals surface area contributed by atoms with Gasteiger partial charge in [0.15, 0.2) is 0 Å². The summed E-state index contributed by atoms with van der Waals surface area (Å²) in [4.78, 5) is 9.67. The highest BCUT2D eigenvalue weighted by atomic mass is 31.1. The van der Waals surface area contributed by atoms with E-state index in [9.17, 15) is 4.79 Å². The Kier molecular flexibility index (Phi) is 1.82. The summed E-state index contributed by atoms with van der Waals surface area (Å²) in [6.07, 6.45) is 3.30. The van der Waals surface area contributed by atoms with Crippen LogP contribution in [-0.2, 0) is 0 Å². The molecule has 0 heterocycles. The van der Waals surface area contributed by atoms with Gasteiger partial charge in [0, 0.05) is 0 Å². The molecule has 0 aromatic heterocycles. The van der Waals surface area contributed by atoms with E-state index in [0.29, 0.717) is 0 Å². The molecule has 0 radical (unpaired) electrons. The van der Waals surface area contributed by atoms with E-state index in [0.717, 1.165) is 0 Å². The standard InChI is InChI=1S/C3H5O2P/c1-6(2)3(4)5/h1H2,2H3/p+1. The summed E-state index contributed by atoms with van der Waals surface area (Å²) in [6, 6.07) is 0. The van der Waals surface area contributed by atoms with Crippen LogP contribution in [0.5, 0.6) is 0 Å². The van der Waals surface area contributed by atoms with Crippen molar-refractivity contribution in [3.8, 4) is 0 Å². The topological polar surface area (TPSA) is 37.3 Å². The Morgan fingerprint density at radius 1 is 2.00 bits per heavy atom. The molecule has 0 aromatic carbocycles. The molecule has 0 spiro atoms. The van der Waals surface area contributed by atoms with E-state index in [1.165, 1.54) is 0 Å². The van der Waals surface area contributed by atoms with Crippen LogP contribution < -0.4 is 0 Å². The maximum Gasteiger partial charge on any atom is 0.507 e. The van der Waals surface area contributed by atoms with Gasteiger partial charge in [0.05, 0.1) is 6.30 Å². The summed E-state index contributed by atoms with van der Waals surface area (Å²) in [7, 11) is -0.993. The highest BCUT2D eigenvalue weighted by Gasteiger charge is 2.06. The second kappa shape index (κ2) is 1.93. The maximum absolute atomic E-state index is 9.67. The Morgan fingerprint density at radius 2 is 2.17 bits per heavy atom. The van der Waals surface area contributed by atoms with Crippen molar-refractivity contribution in [3.05, 3.63) is 0 Å². The third-order valence-electron chi connectivity index (χ3n) is 0.327. The van der Waals surface area contributed by atoms with Gasteiger partial charge >= 0.3 is 5.71 Å². The Labute approximate surface area is 37.2 Å². The average molecular weight is 105 g/mol. The number of hydrogen-bond acceptors (Lipinski definition) is 1. The first-order valence-corrected chi connectivity index (χ1v) is 3.39. The predicted octanol–water partition coefficient (Wildman–Crippen LogP) is 1.21. The van der Waals surface area contributed by atoms with Crippen LogP contribution in [0.3, 0.4) is 0 Å². The van der Waals surface area contributed by atoms with E-state index in [2.05, 4.69) is 6.30 Å². The summed E-state index contributed by atoms with van der Waals surface area (Å²) >= 11 is 0. The number of hydrogen-bond donors (Lipinski definition) is 1. The lowest BCUT2D eigenvalue weighted by Gasteiger charge is -1.65. The molecule has 2 nitrogen and oxygen atoms in total. The van der Waals surface area contributed by atoms with Gasteiger partial charge in [-0.3, -0.25) is 0 Å². The van der Waals surface area contributed by atoms with E-state index in [4.69, 9.17) is 5.11 Å². The first-order chi connectivity index (χ1) is 2.64. The molecular weight excluding hydrogens is 99.0 g/mol. The van der Waals surface area contributed by atoms with Crippen LogP contribution in [-0.4, -0.2) is 23.8 Å². The van der Waals surface area contributed by atoms with Gasteiger partial charge < -0.3 is 5.11 Å². The fourth-order valence-corrected chi connectivity index (χ4v) is 0. The molecule has 0 saturated heterocycles. The second-order valence-electron chi connectivity index (χ2n) is 0.981. The molecule has 1 atom stereocenters. The van der Waals surface area contributed by atoms with E-state index >= 15 is 0 Å². The van der Waals surface area contributed by atoms with Gasteiger partial charge in [0.2, 0.25) is 7.55 Å². The molecule has 34 valence electrons. The van der Waals surface area contributed by atoms with Crippen molar-refractivity contribution < 1.29 is 9.90 Å². The normalized spacial score (nSPS) is 10.5. The van der Waals surface area contributed by atoms with Gasteiger partial charge in [-0.25, -0.2) is 0 Å². The smallest absolute Gasteiger partial charge is 0.446 e. The van der Waals surface area contributed by atoms with E-state index < -0.39 is 13.3 Å². The maximum atomic E-state index is 9.67. The molecule has 1 unspecified atom stereocenters. The van der Waals surface area contributed by atoms with Crippen molar-refractivity contribution in [3.63, 3.8) is 0 Å². The monoisotopic (exact) mass is 105 g/mol. The molecule has 0 fully saturated rings. The van der Waals surface area contributed by atoms with Gasteiger partial charge in [-0.2, -0.15) is 4.79 Å². The molecule has 0 amide bonds. The van der Waals surface area contributed by atoms with Crippen molar-refractivity contribution in [2.45, 2.75) is 0 Å². The van der Waals surface area contributed by atoms with Crippen LogP contribution in [0.15, 0.2) is 0 Å². The molecule has 0 aliphatic heterocycles. The predicted molar refractivity (Wildman–Crippen MR) is 28.0 cm³/mol. The Hall–Kier alpha value is -0.360. The van der Waals surface area contributed by atoms with Crippen LogP contribution in [0.2, 0.25) is 0 Å². The van der Waals surface area contributed by atoms with Crippen molar-refractivity contribution >= 4 is 19.6 Å². The van der Waals surface area contributed by atoms with Crippen LogP contribution >= 0.6 is 7.55 Å². The zero-order valence-electron chi connectivity index (χ0n) is 3.51. The van der Waals surface area contributed by atoms with Crippen molar-refractivity contribution in [2.75, 3.05) is 6.66 Å². The SMILES string of the molecule is C=[P+](C)C(=O)O. The van der Waals surface area contributed by atoms with E-state index in [-0.39, 0.29) is 0 Å². The van der Waals surface area contributed by atoms with Gasteiger partial charge in [0.1, 0.15) is 6.66 Å². The number of carbonyl (C=O) groups is 1. The van der Waals surface area contributed by atoms with Crippen LogP contribution in [0.25, 0.3) is 0 Å². The molecule has 0 aromatic rings. The lowest BCUT2D eigenvalue weighted by Crippen LogP contribution is -1.77. The molecule has 3 heteroatoms. The number of carboxylic acid groups (broad SMARTS) is 1. The Balaban J connectivity index is 3.57. The zero-order valence-corrected chi connectivity index (χ0v) is 4.40. The van der Waals surface area contributed by atoms with Crippen molar-refractivity contribution in [1.29, 1.82) is 0 Å². The third-order valence-corrected chi connectivity index (χ3v) is 0.980. The first kappa shape index (κ1) is 5.64. The molecule has 0 rings (SSSR count). The zero-order chi connectivity index (χ0) is 5.15. The highest BCUT2D eigenvalue weighted by Crippen LogP contribution is 2.11.